The van der Waals surface area contributed by atoms with Gasteiger partial charge in [-0.2, -0.15) is 4.31 Å². The van der Waals surface area contributed by atoms with Crippen LogP contribution in [0.5, 0.6) is 0 Å². The molecule has 1 saturated heterocycles. The predicted molar refractivity (Wildman–Crippen MR) is 96.2 cm³/mol. The lowest BCUT2D eigenvalue weighted by Crippen LogP contribution is -2.41. The molecule has 1 aliphatic heterocycles. The number of nitrogens with one attached hydrogen (secondary N) is 1. The van der Waals surface area contributed by atoms with Gasteiger partial charge >= 0.3 is 0 Å². The Bertz CT molecular complexity index is 827. The van der Waals surface area contributed by atoms with Crippen LogP contribution in [0, 0.1) is 0 Å². The molecule has 8 heteroatoms. The van der Waals surface area contributed by atoms with Crippen LogP contribution in [0.3, 0.4) is 0 Å². The Labute approximate surface area is 151 Å². The van der Waals surface area contributed by atoms with E-state index < -0.39 is 10.0 Å². The number of ether oxygens (including phenoxy) is 1. The zero-order chi connectivity index (χ0) is 17.9. The molecular formula is C17H20N2O4S2. The van der Waals surface area contributed by atoms with Gasteiger partial charge in [-0.05, 0) is 23.9 Å². The smallest absolute Gasteiger partial charge is 0.263 e. The van der Waals surface area contributed by atoms with Gasteiger partial charge in [0.25, 0.3) is 5.91 Å². The molecule has 3 rings (SSSR count). The van der Waals surface area contributed by atoms with Crippen molar-refractivity contribution in [2.75, 3.05) is 26.3 Å². The van der Waals surface area contributed by atoms with Crippen LogP contribution in [-0.2, 0) is 14.8 Å². The van der Waals surface area contributed by atoms with E-state index in [1.54, 1.807) is 5.38 Å². The molecule has 25 heavy (non-hydrogen) atoms. The van der Waals surface area contributed by atoms with Crippen molar-refractivity contribution in [1.29, 1.82) is 0 Å². The van der Waals surface area contributed by atoms with Crippen molar-refractivity contribution in [1.82, 2.24) is 9.62 Å². The van der Waals surface area contributed by atoms with Gasteiger partial charge in [0.2, 0.25) is 10.0 Å². The second-order valence-electron chi connectivity index (χ2n) is 5.74. The Morgan fingerprint density at radius 2 is 1.88 bits per heavy atom. The second-order valence-corrected chi connectivity index (χ2v) is 8.56. The number of carbonyl (C=O) groups excluding carboxylic acids is 1. The lowest BCUT2D eigenvalue weighted by Gasteiger charge is -2.26. The number of sulfonamides is 1. The number of carbonyl (C=O) groups is 1. The maximum atomic E-state index is 12.8. The first-order valence-corrected chi connectivity index (χ1v) is 10.3. The minimum absolute atomic E-state index is 0.0668. The molecule has 1 N–H and O–H groups in total. The van der Waals surface area contributed by atoms with Crippen LogP contribution >= 0.6 is 11.3 Å². The van der Waals surface area contributed by atoms with Crippen LogP contribution in [-0.4, -0.2) is 44.9 Å². The van der Waals surface area contributed by atoms with Gasteiger partial charge in [0.1, 0.15) is 9.77 Å². The molecule has 2 heterocycles. The Morgan fingerprint density at radius 3 is 2.56 bits per heavy atom. The predicted octanol–water partition coefficient (Wildman–Crippen LogP) is 2.26. The van der Waals surface area contributed by atoms with Crippen LogP contribution < -0.4 is 5.32 Å². The van der Waals surface area contributed by atoms with Crippen LogP contribution in [0.1, 0.15) is 28.2 Å². The Kier molecular flexibility index (Phi) is 5.53. The van der Waals surface area contributed by atoms with Crippen molar-refractivity contribution < 1.29 is 17.9 Å². The first-order valence-electron chi connectivity index (χ1n) is 8.01. The molecule has 0 spiro atoms. The van der Waals surface area contributed by atoms with E-state index in [4.69, 9.17) is 4.74 Å². The molecule has 1 unspecified atom stereocenters. The number of benzene rings is 1. The maximum Gasteiger partial charge on any atom is 0.263 e. The first-order chi connectivity index (χ1) is 12.0. The zero-order valence-electron chi connectivity index (χ0n) is 13.8. The van der Waals surface area contributed by atoms with E-state index in [1.807, 2.05) is 37.3 Å². The molecule has 1 fully saturated rings. The standard InChI is InChI=1S/C17H20N2O4S2/c1-13(14-5-3-2-4-6-14)18-17(20)16-15(7-12-24-16)25(21,22)19-8-10-23-11-9-19/h2-7,12-13H,8-11H2,1H3,(H,18,20). The number of thiophene rings is 1. The molecule has 0 aliphatic carbocycles. The second kappa shape index (κ2) is 7.65. The fourth-order valence-corrected chi connectivity index (χ4v) is 5.39. The Hall–Kier alpha value is -1.74. The summed E-state index contributed by atoms with van der Waals surface area (Å²) in [7, 11) is -3.69. The first kappa shape index (κ1) is 18.1. The van der Waals surface area contributed by atoms with E-state index in [-0.39, 0.29) is 21.7 Å². The minimum atomic E-state index is -3.69. The number of amides is 1. The molecule has 0 bridgehead atoms. The third-order valence-corrected chi connectivity index (χ3v) is 7.05. The fourth-order valence-electron chi connectivity index (χ4n) is 2.68. The Balaban J connectivity index is 1.80. The third kappa shape index (κ3) is 3.92. The fraction of sp³-hybridized carbons (Fsp3) is 0.353. The highest BCUT2D eigenvalue weighted by Gasteiger charge is 2.31. The molecule has 2 aromatic rings. The lowest BCUT2D eigenvalue weighted by atomic mass is 10.1. The highest BCUT2D eigenvalue weighted by atomic mass is 32.2. The SMILES string of the molecule is CC(NC(=O)c1sccc1S(=O)(=O)N1CCOCC1)c1ccccc1. The van der Waals surface area contributed by atoms with E-state index in [0.29, 0.717) is 26.3 Å². The zero-order valence-corrected chi connectivity index (χ0v) is 15.5. The average Bonchev–Trinajstić information content (AvgIpc) is 3.14. The van der Waals surface area contributed by atoms with Crippen molar-refractivity contribution in [3.63, 3.8) is 0 Å². The van der Waals surface area contributed by atoms with Gasteiger partial charge in [0, 0.05) is 13.1 Å². The minimum Gasteiger partial charge on any atom is -0.379 e. The average molecular weight is 380 g/mol. The van der Waals surface area contributed by atoms with E-state index in [0.717, 1.165) is 16.9 Å². The monoisotopic (exact) mass is 380 g/mol. The van der Waals surface area contributed by atoms with Crippen molar-refractivity contribution >= 4 is 27.3 Å². The summed E-state index contributed by atoms with van der Waals surface area (Å²) in [6.07, 6.45) is 0. The topological polar surface area (TPSA) is 75.7 Å². The molecule has 0 radical (unpaired) electrons. The molecule has 1 aliphatic rings. The summed E-state index contributed by atoms with van der Waals surface area (Å²) in [5.41, 5.74) is 0.963. The van der Waals surface area contributed by atoms with Gasteiger partial charge in [-0.3, -0.25) is 4.79 Å². The van der Waals surface area contributed by atoms with Crippen LogP contribution in [0.15, 0.2) is 46.7 Å². The maximum absolute atomic E-state index is 12.8. The molecule has 134 valence electrons. The van der Waals surface area contributed by atoms with E-state index in [9.17, 15) is 13.2 Å². The van der Waals surface area contributed by atoms with Gasteiger partial charge < -0.3 is 10.1 Å². The number of hydrogen-bond donors (Lipinski definition) is 1. The molecule has 1 aromatic carbocycles. The van der Waals surface area contributed by atoms with Crippen molar-refractivity contribution in [3.05, 3.63) is 52.2 Å². The molecule has 1 aromatic heterocycles. The molecule has 1 amide bonds. The highest BCUT2D eigenvalue weighted by molar-refractivity contribution is 7.89. The van der Waals surface area contributed by atoms with Gasteiger partial charge in [0.15, 0.2) is 0 Å². The summed E-state index contributed by atoms with van der Waals surface area (Å²) in [6, 6.07) is 10.8. The van der Waals surface area contributed by atoms with Gasteiger partial charge in [-0.1, -0.05) is 30.3 Å². The lowest BCUT2D eigenvalue weighted by molar-refractivity contribution is 0.0730. The van der Waals surface area contributed by atoms with Gasteiger partial charge in [0.05, 0.1) is 19.3 Å². The van der Waals surface area contributed by atoms with Crippen LogP contribution in [0.4, 0.5) is 0 Å². The number of nitrogens with zero attached hydrogens (tertiary/aromatic N) is 1. The molecule has 0 saturated carbocycles. The third-order valence-electron chi connectivity index (χ3n) is 4.07. The normalized spacial score (nSPS) is 17.2. The molecule has 6 nitrogen and oxygen atoms in total. The summed E-state index contributed by atoms with van der Waals surface area (Å²) in [6.45, 7) is 3.22. The summed E-state index contributed by atoms with van der Waals surface area (Å²) in [5, 5.41) is 4.51. The summed E-state index contributed by atoms with van der Waals surface area (Å²) >= 11 is 1.14. The summed E-state index contributed by atoms with van der Waals surface area (Å²) in [5.74, 6) is -0.377. The summed E-state index contributed by atoms with van der Waals surface area (Å²) in [4.78, 5) is 12.9. The van der Waals surface area contributed by atoms with E-state index in [2.05, 4.69) is 5.32 Å². The van der Waals surface area contributed by atoms with Crippen molar-refractivity contribution in [2.45, 2.75) is 17.9 Å². The van der Waals surface area contributed by atoms with Crippen molar-refractivity contribution in [2.24, 2.45) is 0 Å². The van der Waals surface area contributed by atoms with Crippen LogP contribution in [0.25, 0.3) is 0 Å². The summed E-state index contributed by atoms with van der Waals surface area (Å²) < 4.78 is 32.2. The molecule has 1 atom stereocenters. The van der Waals surface area contributed by atoms with E-state index in [1.165, 1.54) is 10.4 Å². The quantitative estimate of drug-likeness (QED) is 0.863. The number of morpholine rings is 1. The number of hydrogen-bond acceptors (Lipinski definition) is 5. The number of rotatable bonds is 5. The highest BCUT2D eigenvalue weighted by Crippen LogP contribution is 2.26. The van der Waals surface area contributed by atoms with Gasteiger partial charge in [-0.15, -0.1) is 11.3 Å². The van der Waals surface area contributed by atoms with E-state index >= 15 is 0 Å². The molecular weight excluding hydrogens is 360 g/mol. The van der Waals surface area contributed by atoms with Crippen molar-refractivity contribution in [3.8, 4) is 0 Å². The van der Waals surface area contributed by atoms with Crippen LogP contribution in [0.2, 0.25) is 0 Å². The van der Waals surface area contributed by atoms with Gasteiger partial charge in [-0.25, -0.2) is 8.42 Å². The largest absolute Gasteiger partial charge is 0.379 e. The Morgan fingerprint density at radius 1 is 1.20 bits per heavy atom.